The summed E-state index contributed by atoms with van der Waals surface area (Å²) in [6.45, 7) is 1.21. The minimum atomic E-state index is -0.116. The third-order valence-corrected chi connectivity index (χ3v) is 6.32. The Bertz CT molecular complexity index is 1190. The number of amides is 1. The summed E-state index contributed by atoms with van der Waals surface area (Å²) < 4.78 is 11.9. The zero-order chi connectivity index (χ0) is 24.6. The first-order valence-corrected chi connectivity index (χ1v) is 12.0. The van der Waals surface area contributed by atoms with Gasteiger partial charge in [-0.3, -0.25) is 10.4 Å². The molecule has 1 atom stereocenters. The number of ether oxygens (including phenoxy) is 2. The van der Waals surface area contributed by atoms with E-state index in [9.17, 15) is 4.79 Å². The molecule has 3 N–H and O–H groups in total. The van der Waals surface area contributed by atoms with Gasteiger partial charge in [0, 0.05) is 47.9 Å². The number of nitrogens with one attached hydrogen (secondary N) is 3. The maximum atomic E-state index is 10.6. The second-order valence-electron chi connectivity index (χ2n) is 8.11. The van der Waals surface area contributed by atoms with Crippen LogP contribution in [-0.4, -0.2) is 29.9 Å². The molecule has 36 heavy (non-hydrogen) atoms. The van der Waals surface area contributed by atoms with Crippen molar-refractivity contribution >= 4 is 41.0 Å². The molecule has 10 heteroatoms. The van der Waals surface area contributed by atoms with E-state index in [0.29, 0.717) is 51.3 Å². The van der Waals surface area contributed by atoms with Crippen LogP contribution in [0.15, 0.2) is 54.9 Å². The third-order valence-electron chi connectivity index (χ3n) is 5.67. The largest absolute Gasteiger partial charge is 0.526 e. The number of hydrogen-bond donors (Lipinski definition) is 3. The molecule has 7 nitrogen and oxygen atoms in total. The van der Waals surface area contributed by atoms with Gasteiger partial charge in [-0.25, -0.2) is 0 Å². The summed E-state index contributed by atoms with van der Waals surface area (Å²) in [5.41, 5.74) is 3.97. The fourth-order valence-electron chi connectivity index (χ4n) is 3.84. The molecule has 2 heterocycles. The molecule has 2 aromatic carbocycles. The van der Waals surface area contributed by atoms with Crippen LogP contribution < -0.4 is 15.4 Å². The summed E-state index contributed by atoms with van der Waals surface area (Å²) in [7, 11) is 0. The molecule has 1 saturated heterocycles. The molecule has 1 aliphatic rings. The molecule has 1 fully saturated rings. The summed E-state index contributed by atoms with van der Waals surface area (Å²) in [5.74, 6) is 0.567. The number of hydrogen-bond acceptors (Lipinski definition) is 6. The van der Waals surface area contributed by atoms with Crippen molar-refractivity contribution in [2.45, 2.75) is 38.6 Å². The van der Waals surface area contributed by atoms with Crippen molar-refractivity contribution in [3.8, 4) is 5.75 Å². The molecule has 0 radical (unpaired) electrons. The van der Waals surface area contributed by atoms with Gasteiger partial charge in [0.2, 0.25) is 0 Å². The maximum absolute atomic E-state index is 10.6. The molecule has 0 aliphatic carbocycles. The minimum absolute atomic E-state index is 0. The zero-order valence-electron chi connectivity index (χ0n) is 19.2. The van der Waals surface area contributed by atoms with Crippen molar-refractivity contribution in [2.75, 3.05) is 11.9 Å². The van der Waals surface area contributed by atoms with Crippen LogP contribution in [0.1, 0.15) is 41.5 Å². The first-order valence-electron chi connectivity index (χ1n) is 11.3. The normalized spacial score (nSPS) is 14.9. The Morgan fingerprint density at radius 2 is 1.97 bits per heavy atom. The molecule has 0 saturated carbocycles. The van der Waals surface area contributed by atoms with E-state index >= 15 is 0 Å². The van der Waals surface area contributed by atoms with E-state index in [1.54, 1.807) is 6.41 Å². The van der Waals surface area contributed by atoms with Gasteiger partial charge in [0.05, 0.1) is 15.8 Å². The van der Waals surface area contributed by atoms with E-state index in [4.69, 9.17) is 38.1 Å². The van der Waals surface area contributed by atoms with Crippen LogP contribution in [0.4, 0.5) is 5.69 Å². The molecule has 0 spiro atoms. The number of aromatic nitrogens is 1. The van der Waals surface area contributed by atoms with E-state index in [-0.39, 0.29) is 12.8 Å². The van der Waals surface area contributed by atoms with E-state index in [0.717, 1.165) is 30.5 Å². The molecular formula is C26H25Cl2FmN4O3-. The van der Waals surface area contributed by atoms with Crippen LogP contribution in [0.5, 0.6) is 5.75 Å². The van der Waals surface area contributed by atoms with E-state index in [2.05, 4.69) is 15.6 Å². The average molecular weight is 769 g/mol. The fourth-order valence-corrected chi connectivity index (χ4v) is 4.31. The SMILES string of the molecule is N=C(c1cccc(CN[C-]=O)c1)c1cc(OCc2c(Cl)cncc2Cl)ccc1NC1CCCCO1.[Fm]. The van der Waals surface area contributed by atoms with Crippen molar-refractivity contribution in [2.24, 2.45) is 0 Å². The Kier molecular flexibility index (Phi) is 9.22. The summed E-state index contributed by atoms with van der Waals surface area (Å²) in [6.07, 6.45) is 7.64. The van der Waals surface area contributed by atoms with Gasteiger partial charge in [0.15, 0.2) is 0 Å². The van der Waals surface area contributed by atoms with E-state index < -0.39 is 0 Å². The standard InChI is InChI=1S/C26H25Cl2N4O3.Fm/c27-22-13-30-14-23(28)21(22)15-35-19-7-8-24(32-25-6-1-2-9-34-25)20(11-19)26(29)18-5-3-4-17(10-18)12-31-16-33;/h3-5,7-8,10-11,13-14,25,29,32H,1-2,6,9,12,15H2,(H,31,33);/q-1;. The third kappa shape index (κ3) is 6.50. The second-order valence-corrected chi connectivity index (χ2v) is 8.92. The molecule has 1 amide bonds. The predicted octanol–water partition coefficient (Wildman–Crippen LogP) is 5.48. The Morgan fingerprint density at radius 1 is 1.17 bits per heavy atom. The second kappa shape index (κ2) is 12.5. The number of pyridine rings is 1. The van der Waals surface area contributed by atoms with Crippen LogP contribution in [0.25, 0.3) is 0 Å². The summed E-state index contributed by atoms with van der Waals surface area (Å²) in [4.78, 5) is 14.5. The maximum Gasteiger partial charge on any atom is 0.127 e. The quantitative estimate of drug-likeness (QED) is 0.144. The first kappa shape index (κ1) is 26.5. The number of anilines is 1. The Morgan fingerprint density at radius 3 is 2.69 bits per heavy atom. The molecule has 3 aromatic rings. The van der Waals surface area contributed by atoms with Crippen LogP contribution in [-0.2, 0) is 22.7 Å². The minimum Gasteiger partial charge on any atom is -0.526 e. The van der Waals surface area contributed by atoms with E-state index in [1.165, 1.54) is 12.4 Å². The Balaban J connectivity index is 0.00000361. The molecule has 1 aromatic heterocycles. The van der Waals surface area contributed by atoms with Gasteiger partial charge < -0.3 is 24.9 Å². The van der Waals surface area contributed by atoms with Gasteiger partial charge in [-0.15, -0.1) is 0 Å². The number of halogens is 2. The Labute approximate surface area is 214 Å². The van der Waals surface area contributed by atoms with Crippen molar-refractivity contribution in [1.82, 2.24) is 10.3 Å². The van der Waals surface area contributed by atoms with Crippen LogP contribution in [0.3, 0.4) is 0 Å². The van der Waals surface area contributed by atoms with Gasteiger partial charge in [-0.1, -0.05) is 41.4 Å². The number of rotatable bonds is 10. The monoisotopic (exact) mass is 768 g/mol. The van der Waals surface area contributed by atoms with Crippen LogP contribution >= 0.6 is 23.2 Å². The molecular weight excluding hydrogens is 744 g/mol. The fraction of sp³-hybridized carbons (Fsp3) is 0.269. The topological polar surface area (TPSA) is 96.3 Å². The van der Waals surface area contributed by atoms with Gasteiger partial charge >= 0.3 is 0 Å². The number of nitrogens with zero attached hydrogens (tertiary/aromatic N) is 1. The van der Waals surface area contributed by atoms with Crippen LogP contribution in [0, 0.1) is 5.41 Å². The number of carbonyl (C=O) groups excluding carboxylic acids is 1. The summed E-state index contributed by atoms with van der Waals surface area (Å²) in [6, 6.07) is 13.0. The molecule has 194 valence electrons. The van der Waals surface area contributed by atoms with Gasteiger partial charge in [0.25, 0.3) is 0 Å². The van der Waals surface area contributed by atoms with Crippen molar-refractivity contribution < 1.29 is 14.3 Å². The summed E-state index contributed by atoms with van der Waals surface area (Å²) in [5, 5.41) is 15.8. The molecule has 1 unspecified atom stereocenters. The smallest absolute Gasteiger partial charge is 0.127 e. The van der Waals surface area contributed by atoms with Crippen molar-refractivity contribution in [3.05, 3.63) is 87.2 Å². The van der Waals surface area contributed by atoms with Gasteiger partial charge in [-0.05, 0) is 49.1 Å². The summed E-state index contributed by atoms with van der Waals surface area (Å²) >= 11 is 12.5. The zero-order valence-corrected chi connectivity index (χ0v) is 23.1. The van der Waals surface area contributed by atoms with Gasteiger partial charge in [0.1, 0.15) is 18.6 Å². The first-order chi connectivity index (χ1) is 17.0. The molecule has 0 bridgehead atoms. The van der Waals surface area contributed by atoms with Crippen molar-refractivity contribution in [3.63, 3.8) is 0 Å². The average Bonchev–Trinajstić information content (AvgIpc) is 2.88. The predicted molar refractivity (Wildman–Crippen MR) is 137 cm³/mol. The molecule has 1 aliphatic heterocycles. The van der Waals surface area contributed by atoms with E-state index in [1.807, 2.05) is 42.5 Å². The Hall–Kier alpha value is -4.13. The number of benzene rings is 2. The molecule has 4 rings (SSSR count). The van der Waals surface area contributed by atoms with Gasteiger partial charge in [-0.2, -0.15) is 6.41 Å². The van der Waals surface area contributed by atoms with Crippen molar-refractivity contribution in [1.29, 1.82) is 5.41 Å². The van der Waals surface area contributed by atoms with Crippen LogP contribution in [0.2, 0.25) is 10.0 Å².